The third kappa shape index (κ3) is 3.24. The maximum Gasteiger partial charge on any atom is 0.196 e. The van der Waals surface area contributed by atoms with Gasteiger partial charge in [0.25, 0.3) is 0 Å². The van der Waals surface area contributed by atoms with Crippen LogP contribution in [0.15, 0.2) is 63.8 Å². The van der Waals surface area contributed by atoms with Crippen molar-refractivity contribution in [1.29, 1.82) is 0 Å². The Morgan fingerprint density at radius 1 is 1.10 bits per heavy atom. The smallest absolute Gasteiger partial charge is 0.196 e. The normalized spacial score (nSPS) is 20.5. The van der Waals surface area contributed by atoms with E-state index < -0.39 is 23.7 Å². The number of aliphatic hydroxyl groups excluding tert-OH is 2. The average molecular weight is 418 g/mol. The summed E-state index contributed by atoms with van der Waals surface area (Å²) < 4.78 is 11.8. The van der Waals surface area contributed by atoms with Gasteiger partial charge in [-0.2, -0.15) is 0 Å². The summed E-state index contributed by atoms with van der Waals surface area (Å²) in [7, 11) is 0. The molecule has 2 atom stereocenters. The highest BCUT2D eigenvalue weighted by atomic mass is 16.5. The lowest BCUT2D eigenvalue weighted by Gasteiger charge is -2.40. The van der Waals surface area contributed by atoms with E-state index in [-0.39, 0.29) is 28.9 Å². The van der Waals surface area contributed by atoms with E-state index in [1.54, 1.807) is 6.07 Å². The van der Waals surface area contributed by atoms with E-state index in [2.05, 4.69) is 6.07 Å². The van der Waals surface area contributed by atoms with Gasteiger partial charge in [0.05, 0.1) is 6.10 Å². The molecular formula is C25H22O6. The van der Waals surface area contributed by atoms with Crippen LogP contribution in [0.3, 0.4) is 0 Å². The Bertz CT molecular complexity index is 1370. The standard InChI is InChI=1S/C25H22O6/c1-25(12-14-6-7-15-4-2-3-5-16(15)8-14)22(28)10-18-20(31-25)11-21-23(24(18)29)19(27)9-17(13-26)30-21/h2-9,11,22,26,28-29H,10,12-13H2,1H3. The topological polar surface area (TPSA) is 100 Å². The van der Waals surface area contributed by atoms with Gasteiger partial charge >= 0.3 is 0 Å². The molecule has 0 saturated carbocycles. The molecule has 1 aliphatic heterocycles. The average Bonchev–Trinajstić information content (AvgIpc) is 2.75. The number of fused-ring (bicyclic) bond motifs is 3. The lowest BCUT2D eigenvalue weighted by atomic mass is 9.83. The summed E-state index contributed by atoms with van der Waals surface area (Å²) in [6, 6.07) is 16.9. The van der Waals surface area contributed by atoms with Crippen molar-refractivity contribution in [2.45, 2.75) is 38.1 Å². The van der Waals surface area contributed by atoms with Crippen molar-refractivity contribution in [1.82, 2.24) is 0 Å². The van der Waals surface area contributed by atoms with E-state index in [0.717, 1.165) is 22.4 Å². The van der Waals surface area contributed by atoms with Gasteiger partial charge in [0.15, 0.2) is 5.43 Å². The van der Waals surface area contributed by atoms with Gasteiger partial charge in [0.1, 0.15) is 40.4 Å². The molecule has 2 unspecified atom stereocenters. The number of rotatable bonds is 3. The van der Waals surface area contributed by atoms with Crippen molar-refractivity contribution < 1.29 is 24.5 Å². The Morgan fingerprint density at radius 3 is 2.65 bits per heavy atom. The van der Waals surface area contributed by atoms with E-state index in [0.29, 0.717) is 17.7 Å². The molecule has 3 N–H and O–H groups in total. The summed E-state index contributed by atoms with van der Waals surface area (Å²) in [6.45, 7) is 1.40. The summed E-state index contributed by atoms with van der Waals surface area (Å²) in [5, 5.41) is 33.2. The van der Waals surface area contributed by atoms with E-state index in [4.69, 9.17) is 9.15 Å². The number of benzene rings is 3. The Hall–Kier alpha value is -3.35. The fraction of sp³-hybridized carbons (Fsp3) is 0.240. The number of phenolic OH excluding ortho intramolecular Hbond substituents is 1. The van der Waals surface area contributed by atoms with Crippen molar-refractivity contribution in [2.75, 3.05) is 0 Å². The van der Waals surface area contributed by atoms with Crippen LogP contribution < -0.4 is 10.2 Å². The molecule has 1 aliphatic rings. The highest BCUT2D eigenvalue weighted by molar-refractivity contribution is 5.87. The minimum absolute atomic E-state index is 0.0184. The second kappa shape index (κ2) is 7.11. The minimum atomic E-state index is -0.940. The van der Waals surface area contributed by atoms with Crippen LogP contribution in [0.25, 0.3) is 21.7 Å². The van der Waals surface area contributed by atoms with Crippen molar-refractivity contribution in [3.05, 3.63) is 81.7 Å². The van der Waals surface area contributed by atoms with E-state index in [1.165, 1.54) is 0 Å². The molecular weight excluding hydrogens is 396 g/mol. The zero-order valence-electron chi connectivity index (χ0n) is 17.0. The van der Waals surface area contributed by atoms with Crippen LogP contribution in [-0.4, -0.2) is 27.0 Å². The summed E-state index contributed by atoms with van der Waals surface area (Å²) in [5.74, 6) is 0.209. The van der Waals surface area contributed by atoms with Gasteiger partial charge in [0.2, 0.25) is 0 Å². The van der Waals surface area contributed by atoms with E-state index >= 15 is 0 Å². The predicted molar refractivity (Wildman–Crippen MR) is 116 cm³/mol. The Labute approximate surface area is 177 Å². The lowest BCUT2D eigenvalue weighted by molar-refractivity contribution is -0.0541. The number of aliphatic hydroxyl groups is 2. The molecule has 3 aromatic carbocycles. The summed E-state index contributed by atoms with van der Waals surface area (Å²) >= 11 is 0. The van der Waals surface area contributed by atoms with Crippen LogP contribution in [0.5, 0.6) is 11.5 Å². The molecule has 2 heterocycles. The van der Waals surface area contributed by atoms with Crippen LogP contribution in [-0.2, 0) is 19.4 Å². The fourth-order valence-electron chi connectivity index (χ4n) is 4.37. The first-order chi connectivity index (χ1) is 14.9. The predicted octanol–water partition coefficient (Wildman–Crippen LogP) is 3.44. The molecule has 5 rings (SSSR count). The lowest BCUT2D eigenvalue weighted by Crippen LogP contribution is -2.50. The Kier molecular flexibility index (Phi) is 4.50. The zero-order valence-corrected chi connectivity index (χ0v) is 17.0. The van der Waals surface area contributed by atoms with Crippen LogP contribution >= 0.6 is 0 Å². The highest BCUT2D eigenvalue weighted by Crippen LogP contribution is 2.43. The molecule has 0 saturated heterocycles. The Morgan fingerprint density at radius 2 is 1.87 bits per heavy atom. The van der Waals surface area contributed by atoms with Crippen LogP contribution in [0.4, 0.5) is 0 Å². The number of hydrogen-bond donors (Lipinski definition) is 3. The largest absolute Gasteiger partial charge is 0.507 e. The summed E-state index contributed by atoms with van der Waals surface area (Å²) in [4.78, 5) is 12.4. The number of hydrogen-bond acceptors (Lipinski definition) is 6. The van der Waals surface area contributed by atoms with Gasteiger partial charge in [0, 0.05) is 30.5 Å². The number of ether oxygens (including phenoxy) is 1. The SMILES string of the molecule is CC1(Cc2ccc3ccccc3c2)Oc2cc3oc(CO)cc(=O)c3c(O)c2CC1O. The second-order valence-corrected chi connectivity index (χ2v) is 8.30. The third-order valence-corrected chi connectivity index (χ3v) is 6.08. The van der Waals surface area contributed by atoms with Gasteiger partial charge < -0.3 is 24.5 Å². The molecule has 6 nitrogen and oxygen atoms in total. The van der Waals surface area contributed by atoms with Gasteiger partial charge in [-0.15, -0.1) is 0 Å². The quantitative estimate of drug-likeness (QED) is 0.471. The highest BCUT2D eigenvalue weighted by Gasteiger charge is 2.41. The molecule has 0 aliphatic carbocycles. The second-order valence-electron chi connectivity index (χ2n) is 8.30. The molecule has 6 heteroatoms. The maximum absolute atomic E-state index is 12.4. The molecule has 0 amide bonds. The van der Waals surface area contributed by atoms with Crippen LogP contribution in [0, 0.1) is 0 Å². The Balaban J connectivity index is 1.56. The molecule has 0 radical (unpaired) electrons. The molecule has 4 aromatic rings. The zero-order chi connectivity index (χ0) is 21.8. The van der Waals surface area contributed by atoms with Crippen molar-refractivity contribution in [3.8, 4) is 11.5 Å². The molecule has 0 fully saturated rings. The van der Waals surface area contributed by atoms with Crippen molar-refractivity contribution in [2.24, 2.45) is 0 Å². The maximum atomic E-state index is 12.4. The van der Waals surface area contributed by atoms with Crippen molar-refractivity contribution >= 4 is 21.7 Å². The third-order valence-electron chi connectivity index (χ3n) is 6.08. The first kappa shape index (κ1) is 19.6. The molecule has 158 valence electrons. The summed E-state index contributed by atoms with van der Waals surface area (Å²) in [6.07, 6.45) is -0.293. The van der Waals surface area contributed by atoms with Crippen molar-refractivity contribution in [3.63, 3.8) is 0 Å². The number of aromatic hydroxyl groups is 1. The van der Waals surface area contributed by atoms with Gasteiger partial charge in [-0.3, -0.25) is 4.79 Å². The molecule has 0 spiro atoms. The summed E-state index contributed by atoms with van der Waals surface area (Å²) in [5.41, 5.74) is 0.134. The van der Waals surface area contributed by atoms with Crippen LogP contribution in [0.1, 0.15) is 23.8 Å². The molecule has 1 aromatic heterocycles. The van der Waals surface area contributed by atoms with Gasteiger partial charge in [-0.05, 0) is 23.3 Å². The van der Waals surface area contributed by atoms with Gasteiger partial charge in [-0.25, -0.2) is 0 Å². The van der Waals surface area contributed by atoms with Crippen LogP contribution in [0.2, 0.25) is 0 Å². The number of phenols is 1. The van der Waals surface area contributed by atoms with Gasteiger partial charge in [-0.1, -0.05) is 42.5 Å². The first-order valence-electron chi connectivity index (χ1n) is 10.1. The van der Waals surface area contributed by atoms with E-state index in [1.807, 2.05) is 43.3 Å². The van der Waals surface area contributed by atoms with E-state index in [9.17, 15) is 20.1 Å². The molecule has 0 bridgehead atoms. The fourth-order valence-corrected chi connectivity index (χ4v) is 4.37. The molecule has 31 heavy (non-hydrogen) atoms. The minimum Gasteiger partial charge on any atom is -0.507 e. The monoisotopic (exact) mass is 418 g/mol. The first-order valence-corrected chi connectivity index (χ1v) is 10.1.